The first kappa shape index (κ1) is 16.4. The number of methoxy groups -OCH3 is 1. The van der Waals surface area contributed by atoms with E-state index in [1.807, 2.05) is 0 Å². The molecule has 0 saturated carbocycles. The molecule has 0 spiro atoms. The summed E-state index contributed by atoms with van der Waals surface area (Å²) >= 11 is 0. The van der Waals surface area contributed by atoms with Gasteiger partial charge in [0.2, 0.25) is 5.91 Å². The molecule has 2 amide bonds. The molecule has 0 aliphatic heterocycles. The predicted octanol–water partition coefficient (Wildman–Crippen LogP) is -0.331. The molecule has 0 heterocycles. The molecule has 0 aliphatic carbocycles. The summed E-state index contributed by atoms with van der Waals surface area (Å²) in [6.07, 6.45) is 0. The molecular formula is C12H16N4O5. The minimum Gasteiger partial charge on any atom is -0.393 e. The topological polar surface area (TPSA) is 137 Å². The molecule has 1 rings (SSSR count). The van der Waals surface area contributed by atoms with Crippen molar-refractivity contribution in [1.29, 1.82) is 0 Å². The SMILES string of the molecule is COCCNC(=O)CNC(=O)c1ccc([N+](=O)[O-])c(N)c1. The molecule has 1 aromatic carbocycles. The van der Waals surface area contributed by atoms with E-state index in [1.165, 1.54) is 19.2 Å². The highest BCUT2D eigenvalue weighted by Gasteiger charge is 2.14. The lowest BCUT2D eigenvalue weighted by atomic mass is 10.1. The predicted molar refractivity (Wildman–Crippen MR) is 74.7 cm³/mol. The third-order valence-corrected chi connectivity index (χ3v) is 2.52. The number of nitro benzene ring substituents is 1. The van der Waals surface area contributed by atoms with Gasteiger partial charge in [-0.25, -0.2) is 0 Å². The van der Waals surface area contributed by atoms with Crippen molar-refractivity contribution in [2.75, 3.05) is 32.5 Å². The van der Waals surface area contributed by atoms with Crippen LogP contribution in [-0.2, 0) is 9.53 Å². The van der Waals surface area contributed by atoms with Crippen LogP contribution in [0.25, 0.3) is 0 Å². The number of ether oxygens (including phenoxy) is 1. The highest BCUT2D eigenvalue weighted by Crippen LogP contribution is 2.21. The van der Waals surface area contributed by atoms with Crippen molar-refractivity contribution in [3.63, 3.8) is 0 Å². The zero-order chi connectivity index (χ0) is 15.8. The fourth-order valence-corrected chi connectivity index (χ4v) is 1.48. The van der Waals surface area contributed by atoms with Gasteiger partial charge in [-0.2, -0.15) is 0 Å². The van der Waals surface area contributed by atoms with E-state index < -0.39 is 10.8 Å². The van der Waals surface area contributed by atoms with E-state index in [-0.39, 0.29) is 29.4 Å². The lowest BCUT2D eigenvalue weighted by Gasteiger charge is -2.07. The number of nitrogen functional groups attached to an aromatic ring is 1. The summed E-state index contributed by atoms with van der Waals surface area (Å²) in [6, 6.07) is 3.60. The van der Waals surface area contributed by atoms with Gasteiger partial charge >= 0.3 is 0 Å². The summed E-state index contributed by atoms with van der Waals surface area (Å²) in [6.45, 7) is 0.508. The normalized spacial score (nSPS) is 9.95. The van der Waals surface area contributed by atoms with Crippen LogP contribution < -0.4 is 16.4 Å². The fourth-order valence-electron chi connectivity index (χ4n) is 1.48. The Bertz CT molecular complexity index is 546. The Morgan fingerprint density at radius 2 is 2.10 bits per heavy atom. The molecule has 0 aromatic heterocycles. The average Bonchev–Trinajstić information content (AvgIpc) is 2.44. The molecule has 0 fully saturated rings. The summed E-state index contributed by atoms with van der Waals surface area (Å²) in [7, 11) is 1.51. The first-order valence-corrected chi connectivity index (χ1v) is 6.03. The number of amides is 2. The van der Waals surface area contributed by atoms with E-state index in [4.69, 9.17) is 10.5 Å². The van der Waals surface area contributed by atoms with Crippen LogP contribution in [0.3, 0.4) is 0 Å². The van der Waals surface area contributed by atoms with E-state index in [2.05, 4.69) is 10.6 Å². The summed E-state index contributed by atoms with van der Waals surface area (Å²) in [5.41, 5.74) is 5.24. The van der Waals surface area contributed by atoms with E-state index in [1.54, 1.807) is 0 Å². The van der Waals surface area contributed by atoms with Crippen LogP contribution in [0.15, 0.2) is 18.2 Å². The molecule has 0 bridgehead atoms. The minimum absolute atomic E-state index is 0.114. The number of hydrogen-bond donors (Lipinski definition) is 3. The van der Waals surface area contributed by atoms with Gasteiger partial charge in [0, 0.05) is 25.3 Å². The molecule has 114 valence electrons. The Hall–Kier alpha value is -2.68. The molecule has 0 atom stereocenters. The third-order valence-electron chi connectivity index (χ3n) is 2.52. The monoisotopic (exact) mass is 296 g/mol. The first-order chi connectivity index (χ1) is 9.95. The molecule has 0 radical (unpaired) electrons. The van der Waals surface area contributed by atoms with Gasteiger partial charge < -0.3 is 21.1 Å². The maximum atomic E-state index is 11.8. The van der Waals surface area contributed by atoms with Crippen molar-refractivity contribution in [2.24, 2.45) is 0 Å². The van der Waals surface area contributed by atoms with Gasteiger partial charge in [-0.15, -0.1) is 0 Å². The number of hydrogen-bond acceptors (Lipinski definition) is 6. The average molecular weight is 296 g/mol. The van der Waals surface area contributed by atoms with Crippen molar-refractivity contribution in [3.05, 3.63) is 33.9 Å². The first-order valence-electron chi connectivity index (χ1n) is 6.03. The molecule has 9 nitrogen and oxygen atoms in total. The van der Waals surface area contributed by atoms with Crippen LogP contribution in [0.4, 0.5) is 11.4 Å². The number of nitrogens with two attached hydrogens (primary N) is 1. The molecule has 21 heavy (non-hydrogen) atoms. The number of rotatable bonds is 7. The Labute approximate surface area is 120 Å². The molecule has 0 saturated heterocycles. The molecular weight excluding hydrogens is 280 g/mol. The van der Waals surface area contributed by atoms with Crippen molar-refractivity contribution in [1.82, 2.24) is 10.6 Å². The molecule has 9 heteroatoms. The lowest BCUT2D eigenvalue weighted by Crippen LogP contribution is -2.38. The number of carbonyl (C=O) groups is 2. The van der Waals surface area contributed by atoms with Crippen LogP contribution in [0.5, 0.6) is 0 Å². The highest BCUT2D eigenvalue weighted by molar-refractivity contribution is 5.97. The number of carbonyl (C=O) groups excluding carboxylic acids is 2. The van der Waals surface area contributed by atoms with Gasteiger partial charge in [0.25, 0.3) is 11.6 Å². The van der Waals surface area contributed by atoms with E-state index in [0.29, 0.717) is 13.2 Å². The van der Waals surface area contributed by atoms with E-state index in [9.17, 15) is 19.7 Å². The number of benzene rings is 1. The maximum absolute atomic E-state index is 11.8. The minimum atomic E-state index is -0.639. The quantitative estimate of drug-likeness (QED) is 0.273. The summed E-state index contributed by atoms with van der Waals surface area (Å²) < 4.78 is 4.76. The zero-order valence-corrected chi connectivity index (χ0v) is 11.4. The fraction of sp³-hybridized carbons (Fsp3) is 0.333. The zero-order valence-electron chi connectivity index (χ0n) is 11.4. The second-order valence-electron chi connectivity index (χ2n) is 4.06. The maximum Gasteiger partial charge on any atom is 0.292 e. The van der Waals surface area contributed by atoms with Gasteiger partial charge in [0.15, 0.2) is 0 Å². The van der Waals surface area contributed by atoms with Crippen LogP contribution in [0.2, 0.25) is 0 Å². The summed E-state index contributed by atoms with van der Waals surface area (Å²) in [5.74, 6) is -0.909. The molecule has 0 aliphatic rings. The smallest absolute Gasteiger partial charge is 0.292 e. The van der Waals surface area contributed by atoms with E-state index >= 15 is 0 Å². The van der Waals surface area contributed by atoms with Crippen LogP contribution in [0.1, 0.15) is 10.4 Å². The Kier molecular flexibility index (Phi) is 6.08. The van der Waals surface area contributed by atoms with Gasteiger partial charge in [0.1, 0.15) is 5.69 Å². The summed E-state index contributed by atoms with van der Waals surface area (Å²) in [4.78, 5) is 33.1. The van der Waals surface area contributed by atoms with Crippen molar-refractivity contribution in [3.8, 4) is 0 Å². The Balaban J connectivity index is 2.54. The highest BCUT2D eigenvalue weighted by atomic mass is 16.6. The van der Waals surface area contributed by atoms with Gasteiger partial charge in [-0.3, -0.25) is 19.7 Å². The number of nitro groups is 1. The third kappa shape index (κ3) is 5.07. The Morgan fingerprint density at radius 1 is 1.38 bits per heavy atom. The Morgan fingerprint density at radius 3 is 2.67 bits per heavy atom. The van der Waals surface area contributed by atoms with Gasteiger partial charge in [-0.05, 0) is 12.1 Å². The molecule has 0 unspecified atom stereocenters. The lowest BCUT2D eigenvalue weighted by molar-refractivity contribution is -0.383. The van der Waals surface area contributed by atoms with E-state index in [0.717, 1.165) is 6.07 Å². The van der Waals surface area contributed by atoms with Crippen LogP contribution >= 0.6 is 0 Å². The standard InChI is InChI=1S/C12H16N4O5/c1-21-5-4-14-11(17)7-15-12(18)8-2-3-10(16(19)20)9(13)6-8/h2-3,6H,4-5,7,13H2,1H3,(H,14,17)(H,15,18). The van der Waals surface area contributed by atoms with Crippen molar-refractivity contribution < 1.29 is 19.2 Å². The van der Waals surface area contributed by atoms with Gasteiger partial charge in [-0.1, -0.05) is 0 Å². The number of nitrogens with zero attached hydrogens (tertiary/aromatic N) is 1. The van der Waals surface area contributed by atoms with Gasteiger partial charge in [0.05, 0.1) is 18.1 Å². The van der Waals surface area contributed by atoms with Crippen LogP contribution in [0, 0.1) is 10.1 Å². The number of nitrogens with one attached hydrogen (secondary N) is 2. The van der Waals surface area contributed by atoms with Crippen LogP contribution in [-0.4, -0.2) is 43.5 Å². The van der Waals surface area contributed by atoms with Crippen molar-refractivity contribution in [2.45, 2.75) is 0 Å². The second-order valence-corrected chi connectivity index (χ2v) is 4.06. The van der Waals surface area contributed by atoms with Crippen molar-refractivity contribution >= 4 is 23.2 Å². The summed E-state index contributed by atoms with van der Waals surface area (Å²) in [5, 5.41) is 15.5. The number of anilines is 1. The largest absolute Gasteiger partial charge is 0.393 e. The molecule has 1 aromatic rings. The second kappa shape index (κ2) is 7.80. The molecule has 4 N–H and O–H groups in total.